The van der Waals surface area contributed by atoms with Gasteiger partial charge in [-0.1, -0.05) is 12.1 Å². The number of piperidine rings is 1. The van der Waals surface area contributed by atoms with Gasteiger partial charge in [-0.25, -0.2) is 4.98 Å². The van der Waals surface area contributed by atoms with Crippen LogP contribution in [-0.4, -0.2) is 53.5 Å². The Labute approximate surface area is 182 Å². The molecule has 162 valence electrons. The Kier molecular flexibility index (Phi) is 6.68. The summed E-state index contributed by atoms with van der Waals surface area (Å²) >= 11 is 1.68. The number of benzene rings is 1. The molecule has 4 rings (SSSR count). The van der Waals surface area contributed by atoms with Crippen LogP contribution in [0.5, 0.6) is 0 Å². The second-order valence-electron chi connectivity index (χ2n) is 8.62. The fraction of sp³-hybridized carbons (Fsp3) is 0.609. The number of aryl methyl sites for hydroxylation is 1. The molecular formula is C23H31N3O3S. The number of hydrogen-bond acceptors (Lipinski definition) is 5. The number of carbonyl (C=O) groups is 2. The predicted molar refractivity (Wildman–Crippen MR) is 118 cm³/mol. The van der Waals surface area contributed by atoms with E-state index in [1.54, 1.807) is 18.3 Å². The van der Waals surface area contributed by atoms with Crippen molar-refractivity contribution in [3.8, 4) is 0 Å². The van der Waals surface area contributed by atoms with E-state index in [0.717, 1.165) is 68.9 Å². The molecule has 0 bridgehead atoms. The van der Waals surface area contributed by atoms with Gasteiger partial charge in [0.1, 0.15) is 0 Å². The van der Waals surface area contributed by atoms with E-state index in [2.05, 4.69) is 16.4 Å². The average molecular weight is 430 g/mol. The molecule has 2 aliphatic heterocycles. The molecule has 2 saturated heterocycles. The summed E-state index contributed by atoms with van der Waals surface area (Å²) in [6.45, 7) is 4.64. The summed E-state index contributed by atoms with van der Waals surface area (Å²) < 4.78 is 7.40. The van der Waals surface area contributed by atoms with Gasteiger partial charge in [0.05, 0.1) is 20.8 Å². The van der Waals surface area contributed by atoms with Crippen molar-refractivity contribution >= 4 is 33.4 Å². The molecule has 1 aromatic heterocycles. The fourth-order valence-corrected chi connectivity index (χ4v) is 5.71. The summed E-state index contributed by atoms with van der Waals surface area (Å²) in [5, 5.41) is 3.94. The zero-order chi connectivity index (χ0) is 21.0. The van der Waals surface area contributed by atoms with Gasteiger partial charge in [0.2, 0.25) is 11.8 Å². The Hall–Kier alpha value is -1.99. The van der Waals surface area contributed by atoms with Gasteiger partial charge in [-0.05, 0) is 50.2 Å². The summed E-state index contributed by atoms with van der Waals surface area (Å²) in [5.41, 5.74) is 0.940. The molecule has 2 amide bonds. The highest BCUT2D eigenvalue weighted by molar-refractivity contribution is 7.18. The maximum absolute atomic E-state index is 12.7. The van der Waals surface area contributed by atoms with Crippen LogP contribution in [0.3, 0.4) is 0 Å². The number of fused-ring (bicyclic) bond motifs is 1. The third-order valence-electron chi connectivity index (χ3n) is 6.44. The lowest BCUT2D eigenvalue weighted by molar-refractivity contribution is -0.147. The third kappa shape index (κ3) is 5.19. The fourth-order valence-electron chi connectivity index (χ4n) is 4.74. The summed E-state index contributed by atoms with van der Waals surface area (Å²) in [6, 6.07) is 8.12. The van der Waals surface area contributed by atoms with Crippen molar-refractivity contribution in [2.45, 2.75) is 57.5 Å². The summed E-state index contributed by atoms with van der Waals surface area (Å²) in [7, 11) is 0. The zero-order valence-electron chi connectivity index (χ0n) is 17.7. The summed E-state index contributed by atoms with van der Waals surface area (Å²) in [6.07, 6.45) is 6.17. The Balaban J connectivity index is 1.24. The van der Waals surface area contributed by atoms with Gasteiger partial charge in [0.15, 0.2) is 0 Å². The van der Waals surface area contributed by atoms with Crippen LogP contribution in [0.1, 0.15) is 50.5 Å². The van der Waals surface area contributed by atoms with Crippen molar-refractivity contribution in [3.63, 3.8) is 0 Å². The van der Waals surface area contributed by atoms with Gasteiger partial charge in [-0.15, -0.1) is 11.3 Å². The molecule has 1 aromatic carbocycles. The van der Waals surface area contributed by atoms with E-state index >= 15 is 0 Å². The molecule has 1 spiro atoms. The molecule has 1 atom stereocenters. The first-order valence-electron chi connectivity index (χ1n) is 11.0. The van der Waals surface area contributed by atoms with Gasteiger partial charge in [0, 0.05) is 46.0 Å². The highest BCUT2D eigenvalue weighted by Gasteiger charge is 2.40. The van der Waals surface area contributed by atoms with Crippen LogP contribution >= 0.6 is 11.3 Å². The number of thiazole rings is 1. The standard InChI is InChI=1S/C23H31N3O3S/c1-17(27)24-12-8-18-9-15-29-23(16-18)10-13-26(14-11-23)22(28)7-6-21-25-19-4-2-3-5-20(19)30-21/h2-5,18H,6-16H2,1H3,(H,24,27). The van der Waals surface area contributed by atoms with Crippen LogP contribution in [-0.2, 0) is 20.7 Å². The number of hydrogen-bond donors (Lipinski definition) is 1. The minimum Gasteiger partial charge on any atom is -0.375 e. The largest absolute Gasteiger partial charge is 0.375 e. The van der Waals surface area contributed by atoms with Gasteiger partial charge in [-0.2, -0.15) is 0 Å². The van der Waals surface area contributed by atoms with Crippen molar-refractivity contribution in [1.29, 1.82) is 0 Å². The number of nitrogens with zero attached hydrogens (tertiary/aromatic N) is 2. The first-order chi connectivity index (χ1) is 14.5. The molecule has 0 saturated carbocycles. The first-order valence-corrected chi connectivity index (χ1v) is 11.9. The monoisotopic (exact) mass is 429 g/mol. The molecule has 2 fully saturated rings. The molecule has 1 N–H and O–H groups in total. The first kappa shape index (κ1) is 21.2. The topological polar surface area (TPSA) is 71.5 Å². The van der Waals surface area contributed by atoms with Crippen molar-refractivity contribution in [1.82, 2.24) is 15.2 Å². The lowest BCUT2D eigenvalue weighted by Gasteiger charge is -2.46. The smallest absolute Gasteiger partial charge is 0.222 e. The molecule has 0 radical (unpaired) electrons. The lowest BCUT2D eigenvalue weighted by Crippen LogP contribution is -2.51. The molecule has 1 unspecified atom stereocenters. The number of para-hydroxylation sites is 1. The molecule has 0 aliphatic carbocycles. The Morgan fingerprint density at radius 3 is 2.87 bits per heavy atom. The van der Waals surface area contributed by atoms with Crippen LogP contribution in [0.4, 0.5) is 0 Å². The number of nitrogens with one attached hydrogen (secondary N) is 1. The maximum Gasteiger partial charge on any atom is 0.222 e. The van der Waals surface area contributed by atoms with Crippen LogP contribution in [0.15, 0.2) is 24.3 Å². The number of amides is 2. The Bertz CT molecular complexity index is 856. The average Bonchev–Trinajstić information content (AvgIpc) is 3.15. The second-order valence-corrected chi connectivity index (χ2v) is 9.73. The van der Waals surface area contributed by atoms with Gasteiger partial charge >= 0.3 is 0 Å². The molecule has 3 heterocycles. The quantitative estimate of drug-likeness (QED) is 0.762. The van der Waals surface area contributed by atoms with Crippen LogP contribution in [0.2, 0.25) is 0 Å². The molecule has 7 heteroatoms. The van der Waals surface area contributed by atoms with E-state index in [4.69, 9.17) is 4.74 Å². The van der Waals surface area contributed by atoms with Gasteiger partial charge in [0.25, 0.3) is 0 Å². The van der Waals surface area contributed by atoms with Gasteiger partial charge < -0.3 is 15.0 Å². The number of likely N-dealkylation sites (tertiary alicyclic amines) is 1. The van der Waals surface area contributed by atoms with Crippen molar-refractivity contribution in [2.75, 3.05) is 26.2 Å². The van der Waals surface area contributed by atoms with E-state index in [-0.39, 0.29) is 17.4 Å². The van der Waals surface area contributed by atoms with Crippen molar-refractivity contribution in [2.24, 2.45) is 5.92 Å². The van der Waals surface area contributed by atoms with E-state index in [0.29, 0.717) is 18.8 Å². The van der Waals surface area contributed by atoms with E-state index in [9.17, 15) is 9.59 Å². The minimum atomic E-state index is -0.0804. The molecule has 2 aromatic rings. The Morgan fingerprint density at radius 1 is 1.30 bits per heavy atom. The number of rotatable bonds is 6. The molecule has 6 nitrogen and oxygen atoms in total. The molecule has 2 aliphatic rings. The van der Waals surface area contributed by atoms with Crippen molar-refractivity contribution < 1.29 is 14.3 Å². The SMILES string of the molecule is CC(=O)NCCC1CCOC2(CCN(C(=O)CCc3nc4ccccc4s3)CC2)C1. The normalized spacial score (nSPS) is 21.1. The maximum atomic E-state index is 12.7. The number of ether oxygens (including phenoxy) is 1. The van der Waals surface area contributed by atoms with Crippen LogP contribution in [0, 0.1) is 5.92 Å². The van der Waals surface area contributed by atoms with E-state index in [1.807, 2.05) is 23.1 Å². The summed E-state index contributed by atoms with van der Waals surface area (Å²) in [5.74, 6) is 0.850. The Morgan fingerprint density at radius 2 is 2.10 bits per heavy atom. The molecular weight excluding hydrogens is 398 g/mol. The molecule has 30 heavy (non-hydrogen) atoms. The van der Waals surface area contributed by atoms with Crippen LogP contribution < -0.4 is 5.32 Å². The lowest BCUT2D eigenvalue weighted by atomic mass is 9.78. The summed E-state index contributed by atoms with van der Waals surface area (Å²) in [4.78, 5) is 30.5. The second kappa shape index (κ2) is 9.43. The third-order valence-corrected chi connectivity index (χ3v) is 7.54. The highest BCUT2D eigenvalue weighted by Crippen LogP contribution is 2.38. The van der Waals surface area contributed by atoms with Gasteiger partial charge in [-0.3, -0.25) is 9.59 Å². The minimum absolute atomic E-state index is 0.0365. The number of carbonyl (C=O) groups excluding carboxylic acids is 2. The van der Waals surface area contributed by atoms with E-state index in [1.165, 1.54) is 4.70 Å². The van der Waals surface area contributed by atoms with E-state index < -0.39 is 0 Å². The predicted octanol–water partition coefficient (Wildman–Crippen LogP) is 3.54. The highest BCUT2D eigenvalue weighted by atomic mass is 32.1. The van der Waals surface area contributed by atoms with Crippen molar-refractivity contribution in [3.05, 3.63) is 29.3 Å². The van der Waals surface area contributed by atoms with Crippen LogP contribution in [0.25, 0.3) is 10.2 Å². The zero-order valence-corrected chi connectivity index (χ0v) is 18.5. The number of aromatic nitrogens is 1.